The smallest absolute Gasteiger partial charge is 0.262 e. The number of aromatic nitrogens is 1. The number of fused-ring (bicyclic) bond motifs is 1. The molecule has 3 heterocycles. The Labute approximate surface area is 140 Å². The molecule has 1 N–H and O–H groups in total. The number of rotatable bonds is 4. The lowest BCUT2D eigenvalue weighted by Gasteiger charge is -2.16. The van der Waals surface area contributed by atoms with Crippen molar-refractivity contribution in [1.82, 2.24) is 4.98 Å². The van der Waals surface area contributed by atoms with Gasteiger partial charge in [-0.05, 0) is 37.1 Å². The van der Waals surface area contributed by atoms with Crippen molar-refractivity contribution in [3.05, 3.63) is 36.5 Å². The van der Waals surface area contributed by atoms with E-state index in [0.717, 1.165) is 18.9 Å². The fourth-order valence-electron chi connectivity index (χ4n) is 2.84. The lowest BCUT2D eigenvalue weighted by molar-refractivity contribution is 0.174. The zero-order chi connectivity index (χ0) is 16.6. The minimum atomic E-state index is -3.71. The van der Waals surface area contributed by atoms with Gasteiger partial charge in [-0.1, -0.05) is 0 Å². The van der Waals surface area contributed by atoms with E-state index in [2.05, 4.69) is 14.6 Å². The highest BCUT2D eigenvalue weighted by atomic mass is 32.2. The van der Waals surface area contributed by atoms with Gasteiger partial charge in [-0.2, -0.15) is 0 Å². The molecule has 2 aliphatic rings. The van der Waals surface area contributed by atoms with Gasteiger partial charge in [-0.15, -0.1) is 0 Å². The van der Waals surface area contributed by atoms with Gasteiger partial charge in [0, 0.05) is 19.2 Å². The van der Waals surface area contributed by atoms with Crippen molar-refractivity contribution >= 4 is 21.5 Å². The van der Waals surface area contributed by atoms with Gasteiger partial charge in [0.15, 0.2) is 11.5 Å². The van der Waals surface area contributed by atoms with Crippen molar-refractivity contribution in [3.63, 3.8) is 0 Å². The second-order valence-electron chi connectivity index (χ2n) is 5.72. The van der Waals surface area contributed by atoms with Gasteiger partial charge in [-0.3, -0.25) is 4.72 Å². The first kappa shape index (κ1) is 15.1. The van der Waals surface area contributed by atoms with Crippen LogP contribution >= 0.6 is 0 Å². The van der Waals surface area contributed by atoms with Gasteiger partial charge < -0.3 is 14.4 Å². The Morgan fingerprint density at radius 3 is 2.58 bits per heavy atom. The number of pyridine rings is 1. The largest absolute Gasteiger partial charge is 0.454 e. The minimum Gasteiger partial charge on any atom is -0.454 e. The summed E-state index contributed by atoms with van der Waals surface area (Å²) in [6, 6.07) is 8.10. The lowest BCUT2D eigenvalue weighted by atomic mass is 10.3. The Balaban J connectivity index is 1.53. The highest BCUT2D eigenvalue weighted by Crippen LogP contribution is 2.34. The summed E-state index contributed by atoms with van der Waals surface area (Å²) in [6.45, 7) is 2.10. The summed E-state index contributed by atoms with van der Waals surface area (Å²) >= 11 is 0. The second-order valence-corrected chi connectivity index (χ2v) is 7.40. The van der Waals surface area contributed by atoms with E-state index >= 15 is 0 Å². The van der Waals surface area contributed by atoms with E-state index in [9.17, 15) is 8.42 Å². The molecular weight excluding hydrogens is 330 g/mol. The average molecular weight is 347 g/mol. The Hall–Kier alpha value is -2.48. The van der Waals surface area contributed by atoms with Crippen molar-refractivity contribution in [3.8, 4) is 11.5 Å². The summed E-state index contributed by atoms with van der Waals surface area (Å²) in [7, 11) is -3.71. The van der Waals surface area contributed by atoms with Crippen LogP contribution in [-0.2, 0) is 10.0 Å². The molecule has 0 bridgehead atoms. The molecule has 1 saturated heterocycles. The Morgan fingerprint density at radius 2 is 1.83 bits per heavy atom. The molecule has 1 aromatic heterocycles. The minimum absolute atomic E-state index is 0.105. The third kappa shape index (κ3) is 2.84. The number of nitrogens with zero attached hydrogens (tertiary/aromatic N) is 2. The van der Waals surface area contributed by atoms with Crippen molar-refractivity contribution in [2.45, 2.75) is 17.7 Å². The van der Waals surface area contributed by atoms with Crippen molar-refractivity contribution < 1.29 is 17.9 Å². The summed E-state index contributed by atoms with van der Waals surface area (Å²) in [4.78, 5) is 6.66. The summed E-state index contributed by atoms with van der Waals surface area (Å²) in [5.41, 5.74) is 0.426. The van der Waals surface area contributed by atoms with E-state index in [0.29, 0.717) is 17.2 Å². The molecule has 0 saturated carbocycles. The van der Waals surface area contributed by atoms with Crippen molar-refractivity contribution in [2.75, 3.05) is 29.5 Å². The predicted octanol–water partition coefficient (Wildman–Crippen LogP) is 2.21. The van der Waals surface area contributed by atoms with Crippen LogP contribution in [0.25, 0.3) is 0 Å². The van der Waals surface area contributed by atoms with Gasteiger partial charge in [-0.25, -0.2) is 13.4 Å². The maximum Gasteiger partial charge on any atom is 0.262 e. The van der Waals surface area contributed by atoms with Crippen LogP contribution in [0.2, 0.25) is 0 Å². The monoisotopic (exact) mass is 347 g/mol. The number of nitrogens with one attached hydrogen (secondary N) is 1. The Kier molecular flexibility index (Phi) is 3.68. The van der Waals surface area contributed by atoms with Crippen molar-refractivity contribution in [1.29, 1.82) is 0 Å². The van der Waals surface area contributed by atoms with Crippen LogP contribution in [-0.4, -0.2) is 33.3 Å². The molecule has 0 radical (unpaired) electrons. The number of benzene rings is 1. The normalized spacial score (nSPS) is 16.4. The van der Waals surface area contributed by atoms with Gasteiger partial charge in [0.25, 0.3) is 10.0 Å². The molecule has 126 valence electrons. The molecule has 7 nitrogen and oxygen atoms in total. The molecule has 0 amide bonds. The molecular formula is C16H17N3O4S. The van der Waals surface area contributed by atoms with Gasteiger partial charge in [0.2, 0.25) is 6.79 Å². The third-order valence-corrected chi connectivity index (χ3v) is 5.46. The van der Waals surface area contributed by atoms with Crippen LogP contribution in [0.1, 0.15) is 12.8 Å². The van der Waals surface area contributed by atoms with Crippen LogP contribution < -0.4 is 19.1 Å². The molecule has 0 spiro atoms. The molecule has 0 atom stereocenters. The fourth-order valence-corrected chi connectivity index (χ4v) is 3.90. The van der Waals surface area contributed by atoms with E-state index in [1.807, 2.05) is 6.07 Å². The SMILES string of the molecule is O=S(=O)(Nc1ccc(N2CCCC2)nc1)c1ccc2c(c1)OCO2. The molecule has 8 heteroatoms. The standard InChI is InChI=1S/C16H17N3O4S/c20-24(21,13-4-5-14-15(9-13)23-11-22-14)18-12-3-6-16(17-10-12)19-7-1-2-8-19/h3-6,9-10,18H,1-2,7-8,11H2. The number of ether oxygens (including phenoxy) is 2. The van der Waals surface area contributed by atoms with E-state index in [4.69, 9.17) is 9.47 Å². The first-order valence-corrected chi connectivity index (χ1v) is 9.24. The molecule has 1 fully saturated rings. The van der Waals surface area contributed by atoms with Gasteiger partial charge in [0.05, 0.1) is 16.8 Å². The first-order chi connectivity index (χ1) is 11.6. The summed E-state index contributed by atoms with van der Waals surface area (Å²) in [5.74, 6) is 1.85. The molecule has 4 rings (SSSR count). The zero-order valence-corrected chi connectivity index (χ0v) is 13.8. The molecule has 0 unspecified atom stereocenters. The van der Waals surface area contributed by atoms with Crippen LogP contribution in [0, 0.1) is 0 Å². The summed E-state index contributed by atoms with van der Waals surface area (Å²) in [6.07, 6.45) is 3.87. The Morgan fingerprint density at radius 1 is 1.04 bits per heavy atom. The highest BCUT2D eigenvalue weighted by molar-refractivity contribution is 7.92. The maximum absolute atomic E-state index is 12.5. The molecule has 0 aliphatic carbocycles. The molecule has 24 heavy (non-hydrogen) atoms. The third-order valence-electron chi connectivity index (χ3n) is 4.08. The van der Waals surface area contributed by atoms with Crippen LogP contribution in [0.4, 0.5) is 11.5 Å². The Bertz CT molecular complexity index is 846. The first-order valence-electron chi connectivity index (χ1n) is 7.75. The van der Waals surface area contributed by atoms with E-state index < -0.39 is 10.0 Å². The fraction of sp³-hybridized carbons (Fsp3) is 0.312. The van der Waals surface area contributed by atoms with Crippen molar-refractivity contribution in [2.24, 2.45) is 0 Å². The topological polar surface area (TPSA) is 80.8 Å². The second kappa shape index (κ2) is 5.86. The van der Waals surface area contributed by atoms with Crippen LogP contribution in [0.5, 0.6) is 11.5 Å². The average Bonchev–Trinajstić information content (AvgIpc) is 3.26. The maximum atomic E-state index is 12.5. The number of hydrogen-bond acceptors (Lipinski definition) is 6. The summed E-state index contributed by atoms with van der Waals surface area (Å²) < 4.78 is 38.0. The van der Waals surface area contributed by atoms with E-state index in [1.54, 1.807) is 12.1 Å². The lowest BCUT2D eigenvalue weighted by Crippen LogP contribution is -2.19. The molecule has 2 aliphatic heterocycles. The number of sulfonamides is 1. The number of anilines is 2. The van der Waals surface area contributed by atoms with Crippen LogP contribution in [0.15, 0.2) is 41.4 Å². The van der Waals surface area contributed by atoms with E-state index in [1.165, 1.54) is 31.2 Å². The highest BCUT2D eigenvalue weighted by Gasteiger charge is 2.21. The van der Waals surface area contributed by atoms with E-state index in [-0.39, 0.29) is 11.7 Å². The molecule has 2 aromatic rings. The van der Waals surface area contributed by atoms with Crippen LogP contribution in [0.3, 0.4) is 0 Å². The summed E-state index contributed by atoms with van der Waals surface area (Å²) in [5, 5.41) is 0. The molecule has 1 aromatic carbocycles. The zero-order valence-electron chi connectivity index (χ0n) is 12.9. The number of hydrogen-bond donors (Lipinski definition) is 1. The quantitative estimate of drug-likeness (QED) is 0.913. The predicted molar refractivity (Wildman–Crippen MR) is 89.1 cm³/mol. The van der Waals surface area contributed by atoms with Gasteiger partial charge >= 0.3 is 0 Å². The van der Waals surface area contributed by atoms with Gasteiger partial charge in [0.1, 0.15) is 5.82 Å².